The largest absolute Gasteiger partial charge is 0.328 e. The Hall–Kier alpha value is -0.120. The molecule has 0 radical (unpaired) electrons. The average Bonchev–Trinajstić information content (AvgIpc) is 1.21. The Bertz CT molecular complexity index is 62.6. The Labute approximate surface area is 50.2 Å². The minimum Gasteiger partial charge on any atom is -0.328 e. The fourth-order valence-electron chi connectivity index (χ4n) is 0.694. The zero-order valence-corrected chi connectivity index (χ0v) is 5.52. The van der Waals surface area contributed by atoms with Crippen molar-refractivity contribution in [3.05, 3.63) is 0 Å². The molecule has 0 saturated heterocycles. The van der Waals surface area contributed by atoms with Gasteiger partial charge in [0.05, 0.1) is 5.66 Å². The Morgan fingerprint density at radius 2 is 1.88 bits per heavy atom. The fraction of sp³-hybridized carbons (Fsp3) is 1.00. The second-order valence-electron chi connectivity index (χ2n) is 2.69. The summed E-state index contributed by atoms with van der Waals surface area (Å²) in [6.45, 7) is 3.65. The van der Waals surface area contributed by atoms with Crippen molar-refractivity contribution in [3.63, 3.8) is 0 Å². The summed E-state index contributed by atoms with van der Waals surface area (Å²) in [5.41, 5.74) is 15.7. The topological polar surface area (TPSA) is 78.1 Å². The van der Waals surface area contributed by atoms with Gasteiger partial charge >= 0.3 is 0 Å². The summed E-state index contributed by atoms with van der Waals surface area (Å²) >= 11 is 0. The molecule has 0 bridgehead atoms. The molecule has 0 amide bonds. The minimum absolute atomic E-state index is 0.0926. The zero-order chi connectivity index (χ0) is 6.78. The molecule has 6 N–H and O–H groups in total. The van der Waals surface area contributed by atoms with Gasteiger partial charge in [0.1, 0.15) is 0 Å². The van der Waals surface area contributed by atoms with Crippen molar-refractivity contribution in [1.82, 2.24) is 0 Å². The Balaban J connectivity index is 3.39. The molecule has 50 valence electrons. The van der Waals surface area contributed by atoms with Crippen LogP contribution in [0.15, 0.2) is 0 Å². The standard InChI is InChI=1S/C5H15N3/c1-4(6)3-5(2,7)8/h4H,3,6-8H2,1-2H3. The van der Waals surface area contributed by atoms with E-state index in [0.29, 0.717) is 6.42 Å². The molecule has 0 aromatic rings. The van der Waals surface area contributed by atoms with Crippen molar-refractivity contribution in [1.29, 1.82) is 0 Å². The third kappa shape index (κ3) is 5.88. The van der Waals surface area contributed by atoms with Crippen LogP contribution in [0, 0.1) is 0 Å². The molecule has 0 rings (SSSR count). The van der Waals surface area contributed by atoms with Crippen molar-refractivity contribution < 1.29 is 0 Å². The van der Waals surface area contributed by atoms with Gasteiger partial charge in [-0.25, -0.2) is 0 Å². The molecule has 0 aliphatic carbocycles. The highest BCUT2D eigenvalue weighted by molar-refractivity contribution is 4.73. The summed E-state index contributed by atoms with van der Waals surface area (Å²) in [4.78, 5) is 0. The molecular weight excluding hydrogens is 102 g/mol. The lowest BCUT2D eigenvalue weighted by Gasteiger charge is -2.20. The van der Waals surface area contributed by atoms with Crippen LogP contribution in [0.25, 0.3) is 0 Å². The molecule has 0 aliphatic rings. The number of nitrogens with two attached hydrogens (primary N) is 3. The molecule has 1 unspecified atom stereocenters. The lowest BCUT2D eigenvalue weighted by atomic mass is 10.1. The molecule has 8 heavy (non-hydrogen) atoms. The van der Waals surface area contributed by atoms with Crippen molar-refractivity contribution in [3.8, 4) is 0 Å². The van der Waals surface area contributed by atoms with Crippen LogP contribution in [0.1, 0.15) is 20.3 Å². The maximum absolute atomic E-state index is 5.43. The molecule has 3 heteroatoms. The summed E-state index contributed by atoms with van der Waals surface area (Å²) in [6.07, 6.45) is 0.660. The van der Waals surface area contributed by atoms with Gasteiger partial charge in [-0.1, -0.05) is 0 Å². The summed E-state index contributed by atoms with van der Waals surface area (Å²) in [5, 5.41) is 0. The van der Waals surface area contributed by atoms with Crippen LogP contribution in [0.5, 0.6) is 0 Å². The van der Waals surface area contributed by atoms with Crippen molar-refractivity contribution in [2.75, 3.05) is 0 Å². The van der Waals surface area contributed by atoms with Crippen LogP contribution in [-0.2, 0) is 0 Å². The van der Waals surface area contributed by atoms with E-state index < -0.39 is 5.66 Å². The maximum atomic E-state index is 5.43. The van der Waals surface area contributed by atoms with E-state index in [1.54, 1.807) is 6.92 Å². The molecule has 0 spiro atoms. The monoisotopic (exact) mass is 117 g/mol. The van der Waals surface area contributed by atoms with Gasteiger partial charge in [0.2, 0.25) is 0 Å². The lowest BCUT2D eigenvalue weighted by molar-refractivity contribution is 0.415. The number of rotatable bonds is 2. The van der Waals surface area contributed by atoms with Gasteiger partial charge in [0.15, 0.2) is 0 Å². The van der Waals surface area contributed by atoms with Gasteiger partial charge in [0.25, 0.3) is 0 Å². The zero-order valence-electron chi connectivity index (χ0n) is 5.52. The summed E-state index contributed by atoms with van der Waals surface area (Å²) in [5.74, 6) is 0. The normalized spacial score (nSPS) is 16.1. The summed E-state index contributed by atoms with van der Waals surface area (Å²) in [7, 11) is 0. The van der Waals surface area contributed by atoms with E-state index in [-0.39, 0.29) is 6.04 Å². The van der Waals surface area contributed by atoms with Crippen LogP contribution < -0.4 is 17.2 Å². The van der Waals surface area contributed by atoms with Crippen LogP contribution >= 0.6 is 0 Å². The van der Waals surface area contributed by atoms with E-state index in [4.69, 9.17) is 17.2 Å². The van der Waals surface area contributed by atoms with Crippen LogP contribution in [0.4, 0.5) is 0 Å². The number of hydrogen-bond acceptors (Lipinski definition) is 3. The quantitative estimate of drug-likeness (QED) is 0.421. The third-order valence-corrected chi connectivity index (χ3v) is 0.762. The van der Waals surface area contributed by atoms with Gasteiger partial charge in [-0.3, -0.25) is 0 Å². The number of hydrogen-bond donors (Lipinski definition) is 3. The SMILES string of the molecule is CC(N)CC(C)(N)N. The van der Waals surface area contributed by atoms with E-state index in [1.165, 1.54) is 0 Å². The van der Waals surface area contributed by atoms with Crippen molar-refractivity contribution >= 4 is 0 Å². The van der Waals surface area contributed by atoms with Gasteiger partial charge in [0, 0.05) is 6.04 Å². The second kappa shape index (κ2) is 2.44. The average molecular weight is 117 g/mol. The molecule has 0 heterocycles. The van der Waals surface area contributed by atoms with Gasteiger partial charge in [-0.15, -0.1) is 0 Å². The molecule has 0 aromatic heterocycles. The van der Waals surface area contributed by atoms with E-state index in [0.717, 1.165) is 0 Å². The highest BCUT2D eigenvalue weighted by atomic mass is 14.9. The van der Waals surface area contributed by atoms with Gasteiger partial charge in [-0.2, -0.15) is 0 Å². The van der Waals surface area contributed by atoms with Gasteiger partial charge in [-0.05, 0) is 20.3 Å². The highest BCUT2D eigenvalue weighted by Gasteiger charge is 2.12. The van der Waals surface area contributed by atoms with E-state index in [9.17, 15) is 0 Å². The highest BCUT2D eigenvalue weighted by Crippen LogP contribution is 1.97. The molecule has 0 saturated carbocycles. The Morgan fingerprint density at radius 3 is 1.88 bits per heavy atom. The lowest BCUT2D eigenvalue weighted by Crippen LogP contribution is -2.49. The maximum Gasteiger partial charge on any atom is 0.0622 e. The summed E-state index contributed by atoms with van der Waals surface area (Å²) in [6, 6.07) is 0.0926. The van der Waals surface area contributed by atoms with Gasteiger partial charge < -0.3 is 17.2 Å². The predicted molar refractivity (Wildman–Crippen MR) is 35.0 cm³/mol. The van der Waals surface area contributed by atoms with Crippen molar-refractivity contribution in [2.45, 2.75) is 32.0 Å². The van der Waals surface area contributed by atoms with E-state index >= 15 is 0 Å². The molecule has 1 atom stereocenters. The van der Waals surface area contributed by atoms with Crippen LogP contribution in [0.2, 0.25) is 0 Å². The first-order valence-electron chi connectivity index (χ1n) is 2.75. The first kappa shape index (κ1) is 7.88. The Morgan fingerprint density at radius 1 is 1.50 bits per heavy atom. The van der Waals surface area contributed by atoms with Crippen LogP contribution in [-0.4, -0.2) is 11.7 Å². The first-order valence-corrected chi connectivity index (χ1v) is 2.75. The third-order valence-electron chi connectivity index (χ3n) is 0.762. The first-order chi connectivity index (χ1) is 3.42. The molecule has 3 nitrogen and oxygen atoms in total. The molecule has 0 aromatic carbocycles. The minimum atomic E-state index is -0.603. The molecule has 0 aliphatic heterocycles. The predicted octanol–water partition coefficient (Wildman–Crippen LogP) is -0.643. The molecular formula is C5H15N3. The smallest absolute Gasteiger partial charge is 0.0622 e. The second-order valence-corrected chi connectivity index (χ2v) is 2.69. The van der Waals surface area contributed by atoms with E-state index in [1.807, 2.05) is 6.92 Å². The fourth-order valence-corrected chi connectivity index (χ4v) is 0.694. The van der Waals surface area contributed by atoms with Crippen LogP contribution in [0.3, 0.4) is 0 Å². The summed E-state index contributed by atoms with van der Waals surface area (Å²) < 4.78 is 0. The van der Waals surface area contributed by atoms with Crippen molar-refractivity contribution in [2.24, 2.45) is 17.2 Å². The Kier molecular flexibility index (Phi) is 2.40. The molecule has 0 fully saturated rings. The van der Waals surface area contributed by atoms with E-state index in [2.05, 4.69) is 0 Å².